The molecule has 0 aliphatic heterocycles. The minimum atomic E-state index is 0.231. The average Bonchev–Trinajstić information content (AvgIpc) is 2.78. The number of rotatable bonds is 4. The SMILES string of the molecule is Cc1ccc(CN(C(=O)C2CC3CC3C2)C(C)C)o1. The van der Waals surface area contributed by atoms with E-state index in [0.29, 0.717) is 12.5 Å². The van der Waals surface area contributed by atoms with Gasteiger partial charge in [0, 0.05) is 12.0 Å². The predicted octanol–water partition coefficient (Wildman–Crippen LogP) is 3.37. The number of carbonyl (C=O) groups excluding carboxylic acids is 1. The van der Waals surface area contributed by atoms with E-state index in [9.17, 15) is 4.79 Å². The molecule has 1 heterocycles. The number of amides is 1. The quantitative estimate of drug-likeness (QED) is 0.832. The number of nitrogens with zero attached hydrogens (tertiary/aromatic N) is 1. The number of fused-ring (bicyclic) bond motifs is 1. The van der Waals surface area contributed by atoms with E-state index in [-0.39, 0.29) is 12.0 Å². The Labute approximate surface area is 115 Å². The predicted molar refractivity (Wildman–Crippen MR) is 73.5 cm³/mol. The highest BCUT2D eigenvalue weighted by atomic mass is 16.3. The minimum absolute atomic E-state index is 0.231. The van der Waals surface area contributed by atoms with E-state index in [1.807, 2.05) is 24.0 Å². The molecule has 3 nitrogen and oxygen atoms in total. The van der Waals surface area contributed by atoms with Crippen LogP contribution in [0.25, 0.3) is 0 Å². The first-order chi connectivity index (χ1) is 9.04. The van der Waals surface area contributed by atoms with Crippen LogP contribution in [0.1, 0.15) is 44.6 Å². The zero-order chi connectivity index (χ0) is 13.6. The number of furan rings is 1. The summed E-state index contributed by atoms with van der Waals surface area (Å²) >= 11 is 0. The van der Waals surface area contributed by atoms with Gasteiger partial charge in [0.25, 0.3) is 0 Å². The summed E-state index contributed by atoms with van der Waals surface area (Å²) in [5, 5.41) is 0. The Morgan fingerprint density at radius 2 is 2.00 bits per heavy atom. The second-order valence-corrected chi connectivity index (χ2v) is 6.50. The molecule has 2 unspecified atom stereocenters. The maximum Gasteiger partial charge on any atom is 0.226 e. The first kappa shape index (κ1) is 12.8. The highest BCUT2D eigenvalue weighted by Gasteiger charge is 2.49. The molecule has 0 spiro atoms. The molecule has 2 aliphatic rings. The van der Waals surface area contributed by atoms with Crippen molar-refractivity contribution in [2.75, 3.05) is 0 Å². The van der Waals surface area contributed by atoms with E-state index >= 15 is 0 Å². The highest BCUT2D eigenvalue weighted by Crippen LogP contribution is 2.54. The van der Waals surface area contributed by atoms with Gasteiger partial charge in [-0.1, -0.05) is 0 Å². The number of hydrogen-bond donors (Lipinski definition) is 0. The maximum atomic E-state index is 12.6. The van der Waals surface area contributed by atoms with Gasteiger partial charge in [0.15, 0.2) is 0 Å². The van der Waals surface area contributed by atoms with Gasteiger partial charge >= 0.3 is 0 Å². The summed E-state index contributed by atoms with van der Waals surface area (Å²) in [6.45, 7) is 6.72. The van der Waals surface area contributed by atoms with Gasteiger partial charge in [-0.3, -0.25) is 4.79 Å². The van der Waals surface area contributed by atoms with Gasteiger partial charge in [-0.2, -0.15) is 0 Å². The first-order valence-electron chi connectivity index (χ1n) is 7.40. The first-order valence-corrected chi connectivity index (χ1v) is 7.40. The summed E-state index contributed by atoms with van der Waals surface area (Å²) < 4.78 is 5.61. The largest absolute Gasteiger partial charge is 0.464 e. The fraction of sp³-hybridized carbons (Fsp3) is 0.688. The fourth-order valence-corrected chi connectivity index (χ4v) is 3.40. The van der Waals surface area contributed by atoms with Gasteiger partial charge in [-0.05, 0) is 64.0 Å². The van der Waals surface area contributed by atoms with Crippen molar-refractivity contribution in [3.8, 4) is 0 Å². The molecule has 2 aliphatic carbocycles. The summed E-state index contributed by atoms with van der Waals surface area (Å²) in [5.41, 5.74) is 0. The third kappa shape index (κ3) is 2.56. The highest BCUT2D eigenvalue weighted by molar-refractivity contribution is 5.79. The van der Waals surface area contributed by atoms with E-state index in [2.05, 4.69) is 13.8 Å². The van der Waals surface area contributed by atoms with Crippen molar-refractivity contribution < 1.29 is 9.21 Å². The average molecular weight is 261 g/mol. The van der Waals surface area contributed by atoms with E-state index < -0.39 is 0 Å². The van der Waals surface area contributed by atoms with Gasteiger partial charge in [0.2, 0.25) is 5.91 Å². The fourth-order valence-electron chi connectivity index (χ4n) is 3.40. The van der Waals surface area contributed by atoms with E-state index in [4.69, 9.17) is 4.42 Å². The standard InChI is InChI=1S/C16H23NO2/c1-10(2)17(9-15-5-4-11(3)19-15)16(18)14-7-12-6-13(12)8-14/h4-5,10,12-14H,6-9H2,1-3H3. The monoisotopic (exact) mass is 261 g/mol. The molecule has 104 valence electrons. The molecule has 2 fully saturated rings. The zero-order valence-corrected chi connectivity index (χ0v) is 12.1. The van der Waals surface area contributed by atoms with Crippen LogP contribution in [0, 0.1) is 24.7 Å². The van der Waals surface area contributed by atoms with Crippen LogP contribution in [0.5, 0.6) is 0 Å². The lowest BCUT2D eigenvalue weighted by atomic mass is 10.0. The lowest BCUT2D eigenvalue weighted by molar-refractivity contribution is -0.138. The van der Waals surface area contributed by atoms with Crippen LogP contribution in [0.4, 0.5) is 0 Å². The van der Waals surface area contributed by atoms with Gasteiger partial charge in [0.1, 0.15) is 11.5 Å². The van der Waals surface area contributed by atoms with Crippen molar-refractivity contribution in [3.05, 3.63) is 23.7 Å². The summed E-state index contributed by atoms with van der Waals surface area (Å²) in [6.07, 6.45) is 3.59. The van der Waals surface area contributed by atoms with E-state index in [0.717, 1.165) is 36.2 Å². The van der Waals surface area contributed by atoms with Crippen molar-refractivity contribution in [1.29, 1.82) is 0 Å². The molecule has 2 atom stereocenters. The summed E-state index contributed by atoms with van der Waals surface area (Å²) in [7, 11) is 0. The number of hydrogen-bond acceptors (Lipinski definition) is 2. The lowest BCUT2D eigenvalue weighted by Gasteiger charge is -2.29. The number of carbonyl (C=O) groups is 1. The summed E-state index contributed by atoms with van der Waals surface area (Å²) in [5.74, 6) is 4.11. The number of aryl methyl sites for hydroxylation is 1. The molecule has 3 heteroatoms. The Kier molecular flexibility index (Phi) is 3.15. The van der Waals surface area contributed by atoms with Crippen LogP contribution in [-0.2, 0) is 11.3 Å². The van der Waals surface area contributed by atoms with Crippen molar-refractivity contribution in [1.82, 2.24) is 4.90 Å². The van der Waals surface area contributed by atoms with Gasteiger partial charge in [-0.15, -0.1) is 0 Å². The third-order valence-electron chi connectivity index (χ3n) is 4.62. The Balaban J connectivity index is 1.67. The molecule has 0 bridgehead atoms. The Hall–Kier alpha value is -1.25. The summed E-state index contributed by atoms with van der Waals surface area (Å²) in [4.78, 5) is 14.6. The van der Waals surface area contributed by atoms with Gasteiger partial charge in [-0.25, -0.2) is 0 Å². The second-order valence-electron chi connectivity index (χ2n) is 6.50. The molecule has 19 heavy (non-hydrogen) atoms. The van der Waals surface area contributed by atoms with Gasteiger partial charge < -0.3 is 9.32 Å². The van der Waals surface area contributed by atoms with E-state index in [1.165, 1.54) is 6.42 Å². The smallest absolute Gasteiger partial charge is 0.226 e. The third-order valence-corrected chi connectivity index (χ3v) is 4.62. The molecule has 0 aromatic carbocycles. The van der Waals surface area contributed by atoms with Crippen LogP contribution in [0.15, 0.2) is 16.5 Å². The van der Waals surface area contributed by atoms with Crippen molar-refractivity contribution in [2.45, 2.75) is 52.6 Å². The molecular formula is C16H23NO2. The topological polar surface area (TPSA) is 33.5 Å². The molecule has 1 aromatic rings. The molecule has 0 saturated heterocycles. The summed E-state index contributed by atoms with van der Waals surface area (Å²) in [6, 6.07) is 4.17. The molecule has 3 rings (SSSR count). The van der Waals surface area contributed by atoms with Crippen LogP contribution in [0.2, 0.25) is 0 Å². The molecule has 2 saturated carbocycles. The molecule has 1 amide bonds. The van der Waals surface area contributed by atoms with Crippen molar-refractivity contribution >= 4 is 5.91 Å². The zero-order valence-electron chi connectivity index (χ0n) is 12.1. The lowest BCUT2D eigenvalue weighted by Crippen LogP contribution is -2.40. The Morgan fingerprint density at radius 1 is 1.32 bits per heavy atom. The second kappa shape index (κ2) is 4.69. The minimum Gasteiger partial charge on any atom is -0.464 e. The molecule has 0 N–H and O–H groups in total. The van der Waals surface area contributed by atoms with Gasteiger partial charge in [0.05, 0.1) is 6.54 Å². The van der Waals surface area contributed by atoms with Crippen LogP contribution in [-0.4, -0.2) is 16.8 Å². The Bertz CT molecular complexity index is 467. The van der Waals surface area contributed by atoms with Crippen LogP contribution < -0.4 is 0 Å². The van der Waals surface area contributed by atoms with Crippen LogP contribution in [0.3, 0.4) is 0 Å². The van der Waals surface area contributed by atoms with Crippen molar-refractivity contribution in [2.24, 2.45) is 17.8 Å². The molecule has 0 radical (unpaired) electrons. The maximum absolute atomic E-state index is 12.6. The Morgan fingerprint density at radius 3 is 2.53 bits per heavy atom. The normalized spacial score (nSPS) is 28.5. The van der Waals surface area contributed by atoms with Crippen LogP contribution >= 0.6 is 0 Å². The molecular weight excluding hydrogens is 238 g/mol. The van der Waals surface area contributed by atoms with E-state index in [1.54, 1.807) is 0 Å². The molecule has 1 aromatic heterocycles. The van der Waals surface area contributed by atoms with Crippen molar-refractivity contribution in [3.63, 3.8) is 0 Å².